The number of aryl methyl sites for hydroxylation is 1. The summed E-state index contributed by atoms with van der Waals surface area (Å²) >= 11 is 0. The van der Waals surface area contributed by atoms with Crippen LogP contribution in [0.2, 0.25) is 0 Å². The molecule has 0 N–H and O–H groups in total. The second kappa shape index (κ2) is 7.22. The van der Waals surface area contributed by atoms with Crippen molar-refractivity contribution >= 4 is 11.6 Å². The molecule has 1 aliphatic heterocycles. The van der Waals surface area contributed by atoms with Gasteiger partial charge in [0.15, 0.2) is 0 Å². The zero-order valence-electron chi connectivity index (χ0n) is 13.3. The average molecular weight is 330 g/mol. The molecule has 8 heteroatoms. The first-order valence-electron chi connectivity index (χ1n) is 7.67. The summed E-state index contributed by atoms with van der Waals surface area (Å²) in [4.78, 5) is 21.4. The molecular formula is C16H18N4O4. The molecule has 1 saturated heterocycles. The normalized spacial score (nSPS) is 14.5. The van der Waals surface area contributed by atoms with Crippen molar-refractivity contribution in [1.82, 2.24) is 9.97 Å². The van der Waals surface area contributed by atoms with Gasteiger partial charge in [0, 0.05) is 13.1 Å². The molecule has 1 aliphatic rings. The van der Waals surface area contributed by atoms with E-state index in [1.807, 2.05) is 35.2 Å². The molecule has 0 amide bonds. The maximum absolute atomic E-state index is 11.4. The van der Waals surface area contributed by atoms with Gasteiger partial charge in [-0.05, 0) is 12.5 Å². The van der Waals surface area contributed by atoms with Gasteiger partial charge >= 0.3 is 5.69 Å². The van der Waals surface area contributed by atoms with E-state index in [4.69, 9.17) is 9.47 Å². The molecule has 1 aromatic heterocycles. The van der Waals surface area contributed by atoms with Crippen LogP contribution < -0.4 is 9.64 Å². The number of morpholine rings is 1. The van der Waals surface area contributed by atoms with Crippen molar-refractivity contribution in [2.45, 2.75) is 13.5 Å². The van der Waals surface area contributed by atoms with E-state index in [0.717, 1.165) is 5.56 Å². The first-order chi connectivity index (χ1) is 11.6. The Morgan fingerprint density at radius 2 is 1.96 bits per heavy atom. The van der Waals surface area contributed by atoms with Crippen LogP contribution in [0.15, 0.2) is 30.3 Å². The molecule has 0 bridgehead atoms. The van der Waals surface area contributed by atoms with E-state index in [1.165, 1.54) is 0 Å². The second-order valence-electron chi connectivity index (χ2n) is 5.39. The molecule has 8 nitrogen and oxygen atoms in total. The lowest BCUT2D eigenvalue weighted by atomic mass is 10.2. The highest BCUT2D eigenvalue weighted by Gasteiger charge is 2.26. The van der Waals surface area contributed by atoms with Crippen LogP contribution in [0.5, 0.6) is 5.88 Å². The van der Waals surface area contributed by atoms with E-state index in [0.29, 0.717) is 37.9 Å². The SMILES string of the molecule is Cc1nc(N2CCOCC2)nc(OCc2ccccc2)c1[N+](=O)[O-]. The summed E-state index contributed by atoms with van der Waals surface area (Å²) in [5.41, 5.74) is 1.01. The van der Waals surface area contributed by atoms with E-state index in [2.05, 4.69) is 9.97 Å². The Hall–Kier alpha value is -2.74. The first-order valence-corrected chi connectivity index (χ1v) is 7.67. The lowest BCUT2D eigenvalue weighted by Crippen LogP contribution is -2.37. The lowest BCUT2D eigenvalue weighted by molar-refractivity contribution is -0.387. The van der Waals surface area contributed by atoms with E-state index >= 15 is 0 Å². The van der Waals surface area contributed by atoms with E-state index in [9.17, 15) is 10.1 Å². The van der Waals surface area contributed by atoms with Gasteiger partial charge in [-0.1, -0.05) is 30.3 Å². The second-order valence-corrected chi connectivity index (χ2v) is 5.39. The molecule has 2 aromatic rings. The highest BCUT2D eigenvalue weighted by molar-refractivity contribution is 5.49. The number of hydrogen-bond acceptors (Lipinski definition) is 7. The first kappa shape index (κ1) is 16.1. The smallest absolute Gasteiger partial charge is 0.352 e. The van der Waals surface area contributed by atoms with Gasteiger partial charge in [0.25, 0.3) is 5.88 Å². The summed E-state index contributed by atoms with van der Waals surface area (Å²) in [5, 5.41) is 11.4. The topological polar surface area (TPSA) is 90.6 Å². The Bertz CT molecular complexity index is 718. The fraction of sp³-hybridized carbons (Fsp3) is 0.375. The number of benzene rings is 1. The fourth-order valence-electron chi connectivity index (χ4n) is 2.47. The molecule has 2 heterocycles. The third-order valence-electron chi connectivity index (χ3n) is 3.71. The Morgan fingerprint density at radius 3 is 2.62 bits per heavy atom. The lowest BCUT2D eigenvalue weighted by Gasteiger charge is -2.27. The van der Waals surface area contributed by atoms with Gasteiger partial charge in [-0.15, -0.1) is 0 Å². The van der Waals surface area contributed by atoms with Crippen molar-refractivity contribution in [1.29, 1.82) is 0 Å². The molecule has 1 aromatic carbocycles. The van der Waals surface area contributed by atoms with Crippen LogP contribution in [-0.2, 0) is 11.3 Å². The van der Waals surface area contributed by atoms with E-state index in [-0.39, 0.29) is 18.2 Å². The van der Waals surface area contributed by atoms with Gasteiger partial charge in [0.1, 0.15) is 12.3 Å². The standard InChI is InChI=1S/C16H18N4O4/c1-12-14(20(21)22)15(24-11-13-5-3-2-4-6-13)18-16(17-12)19-7-9-23-10-8-19/h2-6H,7-11H2,1H3. The van der Waals surface area contributed by atoms with Gasteiger partial charge in [-0.25, -0.2) is 4.98 Å². The number of hydrogen-bond donors (Lipinski definition) is 0. The van der Waals surface area contributed by atoms with Crippen molar-refractivity contribution in [3.63, 3.8) is 0 Å². The quantitative estimate of drug-likeness (QED) is 0.612. The summed E-state index contributed by atoms with van der Waals surface area (Å²) in [5.74, 6) is 0.433. The minimum absolute atomic E-state index is 0.00200. The van der Waals surface area contributed by atoms with Gasteiger partial charge in [0.2, 0.25) is 5.95 Å². The monoisotopic (exact) mass is 330 g/mol. The van der Waals surface area contributed by atoms with Crippen molar-refractivity contribution in [3.8, 4) is 5.88 Å². The van der Waals surface area contributed by atoms with Crippen LogP contribution in [-0.4, -0.2) is 41.2 Å². The number of nitro groups is 1. The third kappa shape index (κ3) is 3.60. The zero-order valence-corrected chi connectivity index (χ0v) is 13.3. The Kier molecular flexibility index (Phi) is 4.85. The highest BCUT2D eigenvalue weighted by atomic mass is 16.6. The summed E-state index contributed by atoms with van der Waals surface area (Å²) in [6, 6.07) is 9.46. The van der Waals surface area contributed by atoms with Crippen LogP contribution in [0.3, 0.4) is 0 Å². The number of anilines is 1. The maximum atomic E-state index is 11.4. The van der Waals surface area contributed by atoms with Gasteiger partial charge in [-0.3, -0.25) is 10.1 Å². The van der Waals surface area contributed by atoms with E-state index < -0.39 is 4.92 Å². The number of aromatic nitrogens is 2. The summed E-state index contributed by atoms with van der Waals surface area (Å²) in [6.45, 7) is 4.27. The van der Waals surface area contributed by atoms with Crippen molar-refractivity contribution in [2.24, 2.45) is 0 Å². The Balaban J connectivity index is 1.88. The summed E-state index contributed by atoms with van der Waals surface area (Å²) in [7, 11) is 0. The van der Waals surface area contributed by atoms with E-state index in [1.54, 1.807) is 6.92 Å². The minimum atomic E-state index is -0.501. The zero-order chi connectivity index (χ0) is 16.9. The molecule has 0 radical (unpaired) electrons. The van der Waals surface area contributed by atoms with Gasteiger partial charge in [0.05, 0.1) is 18.1 Å². The molecular weight excluding hydrogens is 312 g/mol. The fourth-order valence-corrected chi connectivity index (χ4v) is 2.47. The predicted octanol–water partition coefficient (Wildman–Crippen LogP) is 2.11. The maximum Gasteiger partial charge on any atom is 0.352 e. The van der Waals surface area contributed by atoms with Gasteiger partial charge in [-0.2, -0.15) is 4.98 Å². The van der Waals surface area contributed by atoms with Crippen LogP contribution >= 0.6 is 0 Å². The molecule has 0 saturated carbocycles. The van der Waals surface area contributed by atoms with Crippen LogP contribution in [0.4, 0.5) is 11.6 Å². The van der Waals surface area contributed by atoms with Crippen LogP contribution in [0, 0.1) is 17.0 Å². The summed E-state index contributed by atoms with van der Waals surface area (Å²) < 4.78 is 11.0. The molecule has 0 aliphatic carbocycles. The highest BCUT2D eigenvalue weighted by Crippen LogP contribution is 2.30. The molecule has 0 spiro atoms. The minimum Gasteiger partial charge on any atom is -0.468 e. The molecule has 0 unspecified atom stereocenters. The molecule has 24 heavy (non-hydrogen) atoms. The molecule has 0 atom stereocenters. The van der Waals surface area contributed by atoms with Gasteiger partial charge < -0.3 is 14.4 Å². The number of rotatable bonds is 5. The van der Waals surface area contributed by atoms with Crippen molar-refractivity contribution in [3.05, 3.63) is 51.7 Å². The van der Waals surface area contributed by atoms with Crippen LogP contribution in [0.1, 0.15) is 11.3 Å². The summed E-state index contributed by atoms with van der Waals surface area (Å²) in [6.07, 6.45) is 0. The largest absolute Gasteiger partial charge is 0.468 e. The predicted molar refractivity (Wildman–Crippen MR) is 87.2 cm³/mol. The Morgan fingerprint density at radius 1 is 1.25 bits per heavy atom. The third-order valence-corrected chi connectivity index (χ3v) is 3.71. The van der Waals surface area contributed by atoms with Crippen molar-refractivity contribution in [2.75, 3.05) is 31.2 Å². The van der Waals surface area contributed by atoms with Crippen LogP contribution in [0.25, 0.3) is 0 Å². The average Bonchev–Trinajstić information content (AvgIpc) is 2.60. The molecule has 1 fully saturated rings. The molecule has 126 valence electrons. The Labute approximate surface area is 139 Å². The van der Waals surface area contributed by atoms with Crippen molar-refractivity contribution < 1.29 is 14.4 Å². The number of ether oxygens (including phenoxy) is 2. The molecule has 3 rings (SSSR count). The number of nitrogens with zero attached hydrogens (tertiary/aromatic N) is 4.